The van der Waals surface area contributed by atoms with Gasteiger partial charge in [0.2, 0.25) is 5.91 Å². The Morgan fingerprint density at radius 3 is 2.49 bits per heavy atom. The van der Waals surface area contributed by atoms with Gasteiger partial charge in [-0.3, -0.25) is 13.9 Å². The number of sulfonamides is 1. The highest BCUT2D eigenvalue weighted by Gasteiger charge is 2.33. The molecule has 1 heterocycles. The molecule has 1 unspecified atom stereocenters. The molecule has 1 atom stereocenters. The van der Waals surface area contributed by atoms with Crippen LogP contribution in [-0.2, 0) is 21.2 Å². The molecular formula is C28H29N3O5S. The summed E-state index contributed by atoms with van der Waals surface area (Å²) >= 11 is 0. The number of carbonyl (C=O) groups excluding carboxylic acids is 2. The smallest absolute Gasteiger partial charge is 0.264 e. The summed E-state index contributed by atoms with van der Waals surface area (Å²) in [5.41, 5.74) is 2.59. The van der Waals surface area contributed by atoms with Crippen molar-refractivity contribution in [3.05, 3.63) is 102 Å². The summed E-state index contributed by atoms with van der Waals surface area (Å²) in [6.07, 6.45) is 2.22. The number of benzene rings is 3. The van der Waals surface area contributed by atoms with Gasteiger partial charge in [-0.1, -0.05) is 43.0 Å². The maximum Gasteiger partial charge on any atom is 0.264 e. The summed E-state index contributed by atoms with van der Waals surface area (Å²) in [5, 5.41) is 5.72. The second-order valence-electron chi connectivity index (χ2n) is 8.53. The monoisotopic (exact) mass is 519 g/mol. The summed E-state index contributed by atoms with van der Waals surface area (Å²) < 4.78 is 33.7. The number of nitrogens with one attached hydrogen (secondary N) is 2. The largest absolute Gasteiger partial charge is 0.496 e. The molecule has 0 saturated carbocycles. The van der Waals surface area contributed by atoms with Gasteiger partial charge in [-0.15, -0.1) is 0 Å². The lowest BCUT2D eigenvalue weighted by Gasteiger charge is -2.35. The molecule has 1 aliphatic rings. The van der Waals surface area contributed by atoms with Crippen LogP contribution in [0.5, 0.6) is 5.75 Å². The van der Waals surface area contributed by atoms with Gasteiger partial charge in [0.1, 0.15) is 5.75 Å². The van der Waals surface area contributed by atoms with E-state index in [0.29, 0.717) is 30.6 Å². The first-order valence-electron chi connectivity index (χ1n) is 11.9. The minimum Gasteiger partial charge on any atom is -0.496 e. The van der Waals surface area contributed by atoms with E-state index in [-0.39, 0.29) is 29.3 Å². The Morgan fingerprint density at radius 2 is 1.76 bits per heavy atom. The lowest BCUT2D eigenvalue weighted by atomic mass is 9.98. The summed E-state index contributed by atoms with van der Waals surface area (Å²) in [6.45, 7) is 4.09. The number of para-hydroxylation sites is 2. The van der Waals surface area contributed by atoms with Gasteiger partial charge in [0.15, 0.2) is 0 Å². The molecule has 0 fully saturated rings. The third-order valence-corrected chi connectivity index (χ3v) is 8.11. The zero-order valence-electron chi connectivity index (χ0n) is 20.5. The van der Waals surface area contributed by atoms with E-state index in [0.717, 1.165) is 16.9 Å². The molecule has 0 bridgehead atoms. The summed E-state index contributed by atoms with van der Waals surface area (Å²) in [5.74, 6) is 0.163. The number of hydrogen-bond acceptors (Lipinski definition) is 5. The van der Waals surface area contributed by atoms with Crippen molar-refractivity contribution in [1.29, 1.82) is 0 Å². The number of nitrogens with zero attached hydrogens (tertiary/aromatic N) is 1. The molecule has 192 valence electrons. The van der Waals surface area contributed by atoms with E-state index in [1.54, 1.807) is 19.2 Å². The van der Waals surface area contributed by atoms with Gasteiger partial charge in [0, 0.05) is 18.7 Å². The average molecular weight is 520 g/mol. The highest BCUT2D eigenvalue weighted by Crippen LogP contribution is 2.37. The van der Waals surface area contributed by atoms with E-state index in [1.807, 2.05) is 36.4 Å². The minimum absolute atomic E-state index is 0.0847. The SMILES string of the molecule is C=CC(=O)NC1CCN(S(=O)(=O)c2ccc(C(=O)NCCc3ccccc3OC)cc2)c2ccccc21. The number of fused-ring (bicyclic) bond motifs is 1. The average Bonchev–Trinajstić information content (AvgIpc) is 2.93. The molecular weight excluding hydrogens is 490 g/mol. The van der Waals surface area contributed by atoms with Crippen LogP contribution in [0.2, 0.25) is 0 Å². The fourth-order valence-electron chi connectivity index (χ4n) is 4.39. The van der Waals surface area contributed by atoms with E-state index >= 15 is 0 Å². The number of hydrogen-bond donors (Lipinski definition) is 2. The second-order valence-corrected chi connectivity index (χ2v) is 10.4. The molecule has 4 rings (SSSR count). The quantitative estimate of drug-likeness (QED) is 0.420. The van der Waals surface area contributed by atoms with Crippen molar-refractivity contribution in [2.45, 2.75) is 23.8 Å². The maximum atomic E-state index is 13.5. The molecule has 0 aliphatic carbocycles. The van der Waals surface area contributed by atoms with Gasteiger partial charge in [-0.25, -0.2) is 8.42 Å². The van der Waals surface area contributed by atoms with Gasteiger partial charge in [0.25, 0.3) is 15.9 Å². The first kappa shape index (κ1) is 26.0. The Bertz CT molecular complexity index is 1400. The molecule has 2 amide bonds. The van der Waals surface area contributed by atoms with Gasteiger partial charge >= 0.3 is 0 Å². The normalized spacial score (nSPS) is 14.8. The van der Waals surface area contributed by atoms with Crippen molar-refractivity contribution in [2.75, 3.05) is 24.5 Å². The van der Waals surface area contributed by atoms with Crippen LogP contribution in [0.25, 0.3) is 0 Å². The van der Waals surface area contributed by atoms with Crippen LogP contribution in [0.15, 0.2) is 90.3 Å². The Balaban J connectivity index is 1.46. The molecule has 9 heteroatoms. The minimum atomic E-state index is -3.88. The van der Waals surface area contributed by atoms with Gasteiger partial charge in [0.05, 0.1) is 23.7 Å². The Morgan fingerprint density at radius 1 is 1.05 bits per heavy atom. The van der Waals surface area contributed by atoms with E-state index in [1.165, 1.54) is 34.6 Å². The molecule has 1 aliphatic heterocycles. The highest BCUT2D eigenvalue weighted by molar-refractivity contribution is 7.92. The number of anilines is 1. The maximum absolute atomic E-state index is 13.5. The van der Waals surface area contributed by atoms with Crippen molar-refractivity contribution in [2.24, 2.45) is 0 Å². The molecule has 0 aromatic heterocycles. The molecule has 0 spiro atoms. The van der Waals surface area contributed by atoms with Crippen LogP contribution >= 0.6 is 0 Å². The second kappa shape index (κ2) is 11.3. The van der Waals surface area contributed by atoms with Crippen LogP contribution in [0.1, 0.15) is 33.9 Å². The fraction of sp³-hybridized carbons (Fsp3) is 0.214. The number of methoxy groups -OCH3 is 1. The van der Waals surface area contributed by atoms with Crippen molar-refractivity contribution in [3.8, 4) is 5.75 Å². The van der Waals surface area contributed by atoms with Crippen molar-refractivity contribution >= 4 is 27.5 Å². The molecule has 0 radical (unpaired) electrons. The summed E-state index contributed by atoms with van der Waals surface area (Å²) in [4.78, 5) is 24.5. The predicted molar refractivity (Wildman–Crippen MR) is 142 cm³/mol. The molecule has 37 heavy (non-hydrogen) atoms. The predicted octanol–water partition coefficient (Wildman–Crippen LogP) is 3.61. The van der Waals surface area contributed by atoms with Crippen LogP contribution in [0.4, 0.5) is 5.69 Å². The third-order valence-electron chi connectivity index (χ3n) is 6.28. The van der Waals surface area contributed by atoms with E-state index in [9.17, 15) is 18.0 Å². The van der Waals surface area contributed by atoms with E-state index < -0.39 is 10.0 Å². The molecule has 2 N–H and O–H groups in total. The van der Waals surface area contributed by atoms with Crippen LogP contribution in [-0.4, -0.2) is 40.4 Å². The molecule has 8 nitrogen and oxygen atoms in total. The Kier molecular flexibility index (Phi) is 7.93. The lowest BCUT2D eigenvalue weighted by Crippen LogP contribution is -2.40. The van der Waals surface area contributed by atoms with Crippen LogP contribution in [0, 0.1) is 0 Å². The van der Waals surface area contributed by atoms with Gasteiger partial charge < -0.3 is 15.4 Å². The summed E-state index contributed by atoms with van der Waals surface area (Å²) in [7, 11) is -2.28. The van der Waals surface area contributed by atoms with Crippen molar-refractivity contribution in [1.82, 2.24) is 10.6 Å². The third kappa shape index (κ3) is 5.67. The number of amides is 2. The zero-order chi connectivity index (χ0) is 26.4. The van der Waals surface area contributed by atoms with Crippen LogP contribution in [0.3, 0.4) is 0 Å². The standard InChI is InChI=1S/C28H29N3O5S/c1-3-27(32)30-24-17-19-31(25-10-6-5-9-23(24)25)37(34,35)22-14-12-21(13-15-22)28(33)29-18-16-20-8-4-7-11-26(20)36-2/h3-15,24H,1,16-19H2,2H3,(H,29,33)(H,30,32). The number of ether oxygens (including phenoxy) is 1. The van der Waals surface area contributed by atoms with Crippen molar-refractivity contribution < 1.29 is 22.7 Å². The molecule has 3 aromatic rings. The first-order valence-corrected chi connectivity index (χ1v) is 13.3. The highest BCUT2D eigenvalue weighted by atomic mass is 32.2. The number of carbonyl (C=O) groups is 2. The Hall–Kier alpha value is -4.11. The zero-order valence-corrected chi connectivity index (χ0v) is 21.3. The van der Waals surface area contributed by atoms with Gasteiger partial charge in [-0.05, 0) is 66.4 Å². The topological polar surface area (TPSA) is 105 Å². The van der Waals surface area contributed by atoms with Crippen LogP contribution < -0.4 is 19.7 Å². The molecule has 0 saturated heterocycles. The lowest BCUT2D eigenvalue weighted by molar-refractivity contribution is -0.117. The summed E-state index contributed by atoms with van der Waals surface area (Å²) in [6, 6.07) is 20.3. The van der Waals surface area contributed by atoms with Gasteiger partial charge in [-0.2, -0.15) is 0 Å². The Labute approximate surface area is 217 Å². The fourth-order valence-corrected chi connectivity index (χ4v) is 5.90. The van der Waals surface area contributed by atoms with Crippen molar-refractivity contribution in [3.63, 3.8) is 0 Å². The van der Waals surface area contributed by atoms with E-state index in [4.69, 9.17) is 4.74 Å². The number of rotatable bonds is 9. The first-order chi connectivity index (χ1) is 17.8. The van der Waals surface area contributed by atoms with E-state index in [2.05, 4.69) is 17.2 Å². The molecule has 3 aromatic carbocycles.